The van der Waals surface area contributed by atoms with Gasteiger partial charge in [-0.2, -0.15) is 5.10 Å². The highest BCUT2D eigenvalue weighted by molar-refractivity contribution is 7.90. The molecule has 0 fully saturated rings. The van der Waals surface area contributed by atoms with Crippen molar-refractivity contribution in [3.8, 4) is 5.88 Å². The van der Waals surface area contributed by atoms with E-state index in [1.165, 1.54) is 12.5 Å². The number of aromatic nitrogens is 2. The Morgan fingerprint density at radius 3 is 2.34 bits per heavy atom. The number of ether oxygens (including phenoxy) is 1. The third-order valence-corrected chi connectivity index (χ3v) is 7.02. The molecule has 32 heavy (non-hydrogen) atoms. The van der Waals surface area contributed by atoms with E-state index in [1.807, 2.05) is 19.1 Å². The first kappa shape index (κ1) is 24.0. The van der Waals surface area contributed by atoms with Crippen molar-refractivity contribution < 1.29 is 17.9 Å². The van der Waals surface area contributed by atoms with Crippen molar-refractivity contribution in [1.82, 2.24) is 9.78 Å². The number of carbonyl (C=O) groups excluding carboxylic acids is 1. The molecule has 1 aromatic heterocycles. The molecular weight excluding hydrogens is 448 g/mol. The van der Waals surface area contributed by atoms with E-state index in [0.717, 1.165) is 12.0 Å². The van der Waals surface area contributed by atoms with E-state index in [4.69, 9.17) is 16.3 Å². The molecule has 0 spiro atoms. The summed E-state index contributed by atoms with van der Waals surface area (Å²) in [5.74, 6) is 0.149. The summed E-state index contributed by atoms with van der Waals surface area (Å²) in [6, 6.07) is 8.94. The van der Waals surface area contributed by atoms with Crippen LogP contribution < -0.4 is 4.74 Å². The highest BCUT2D eigenvalue weighted by Gasteiger charge is 2.25. The van der Waals surface area contributed by atoms with Crippen molar-refractivity contribution in [2.75, 3.05) is 6.26 Å². The zero-order chi connectivity index (χ0) is 23.6. The summed E-state index contributed by atoms with van der Waals surface area (Å²) in [5.41, 5.74) is 3.47. The van der Waals surface area contributed by atoms with Crippen LogP contribution in [0, 0.1) is 20.8 Å². The monoisotopic (exact) mass is 474 g/mol. The average molecular weight is 475 g/mol. The molecule has 0 radical (unpaired) electrons. The van der Waals surface area contributed by atoms with Gasteiger partial charge in [-0.15, -0.1) is 0 Å². The van der Waals surface area contributed by atoms with Crippen LogP contribution in [0.15, 0.2) is 41.4 Å². The minimum atomic E-state index is -3.41. The lowest BCUT2D eigenvalue weighted by Gasteiger charge is -2.16. The SMILES string of the molecule is CCCn1ncc(C(=O)c2cc(C)c(S(C)(=O)=O)c(C)c2C)c1OCc1ccc(Cl)cc1. The van der Waals surface area contributed by atoms with Crippen LogP contribution in [0.1, 0.15) is 51.5 Å². The molecule has 0 saturated heterocycles. The Bertz CT molecular complexity index is 1260. The smallest absolute Gasteiger partial charge is 0.223 e. The van der Waals surface area contributed by atoms with E-state index in [1.54, 1.807) is 43.7 Å². The van der Waals surface area contributed by atoms with E-state index in [-0.39, 0.29) is 17.3 Å². The molecule has 0 aliphatic heterocycles. The minimum Gasteiger partial charge on any atom is -0.472 e. The van der Waals surface area contributed by atoms with Crippen LogP contribution in [0.2, 0.25) is 5.02 Å². The van der Waals surface area contributed by atoms with E-state index in [2.05, 4.69) is 5.10 Å². The van der Waals surface area contributed by atoms with Gasteiger partial charge in [0.25, 0.3) is 0 Å². The van der Waals surface area contributed by atoms with E-state index >= 15 is 0 Å². The summed E-state index contributed by atoms with van der Waals surface area (Å²) >= 11 is 5.95. The highest BCUT2D eigenvalue weighted by Crippen LogP contribution is 2.30. The molecule has 6 nitrogen and oxygen atoms in total. The van der Waals surface area contributed by atoms with Crippen molar-refractivity contribution in [2.24, 2.45) is 0 Å². The molecule has 3 rings (SSSR count). The summed E-state index contributed by atoms with van der Waals surface area (Å²) in [6.45, 7) is 8.09. The predicted octanol–water partition coefficient (Wildman–Crippen LogP) is 5.09. The minimum absolute atomic E-state index is 0.248. The van der Waals surface area contributed by atoms with Gasteiger partial charge in [0.1, 0.15) is 12.2 Å². The van der Waals surface area contributed by atoms with Crippen molar-refractivity contribution in [1.29, 1.82) is 0 Å². The van der Waals surface area contributed by atoms with Crippen molar-refractivity contribution in [3.63, 3.8) is 0 Å². The number of hydrogen-bond acceptors (Lipinski definition) is 5. The Kier molecular flexibility index (Phi) is 7.10. The third kappa shape index (κ3) is 4.89. The maximum atomic E-state index is 13.5. The lowest BCUT2D eigenvalue weighted by molar-refractivity contribution is 0.103. The molecule has 0 unspecified atom stereocenters. The second-order valence-electron chi connectivity index (χ2n) is 7.92. The molecule has 0 aliphatic carbocycles. The number of halogens is 1. The number of hydrogen-bond donors (Lipinski definition) is 0. The molecule has 0 saturated carbocycles. The van der Waals surface area contributed by atoms with Crippen LogP contribution in [0.3, 0.4) is 0 Å². The zero-order valence-corrected chi connectivity index (χ0v) is 20.5. The normalized spacial score (nSPS) is 11.6. The molecule has 8 heteroatoms. The molecule has 0 bridgehead atoms. The second-order valence-corrected chi connectivity index (χ2v) is 10.3. The topological polar surface area (TPSA) is 78.3 Å². The van der Waals surface area contributed by atoms with Crippen LogP contribution in [0.5, 0.6) is 5.88 Å². The lowest BCUT2D eigenvalue weighted by atomic mass is 9.95. The largest absolute Gasteiger partial charge is 0.472 e. The molecule has 0 aliphatic rings. The Morgan fingerprint density at radius 1 is 1.09 bits per heavy atom. The Hall–Kier alpha value is -2.64. The van der Waals surface area contributed by atoms with Gasteiger partial charge in [0.15, 0.2) is 15.6 Å². The number of ketones is 1. The number of benzene rings is 2. The molecule has 2 aromatic carbocycles. The van der Waals surface area contributed by atoms with Crippen LogP contribution >= 0.6 is 11.6 Å². The molecule has 170 valence electrons. The van der Waals surface area contributed by atoms with Crippen LogP contribution in [0.25, 0.3) is 0 Å². The van der Waals surface area contributed by atoms with E-state index in [9.17, 15) is 13.2 Å². The van der Waals surface area contributed by atoms with Crippen molar-refractivity contribution >= 4 is 27.2 Å². The van der Waals surface area contributed by atoms with Crippen LogP contribution in [-0.4, -0.2) is 30.2 Å². The summed E-state index contributed by atoms with van der Waals surface area (Å²) in [5, 5.41) is 5.00. The number of rotatable bonds is 8. The molecule has 0 N–H and O–H groups in total. The summed E-state index contributed by atoms with van der Waals surface area (Å²) < 4.78 is 32.2. The fourth-order valence-corrected chi connectivity index (χ4v) is 5.27. The van der Waals surface area contributed by atoms with Crippen LogP contribution in [-0.2, 0) is 23.0 Å². The number of nitrogens with zero attached hydrogens (tertiary/aromatic N) is 2. The Morgan fingerprint density at radius 2 is 1.75 bits per heavy atom. The first-order valence-electron chi connectivity index (χ1n) is 10.3. The zero-order valence-electron chi connectivity index (χ0n) is 18.9. The van der Waals surface area contributed by atoms with Crippen LogP contribution in [0.4, 0.5) is 0 Å². The van der Waals surface area contributed by atoms with E-state index < -0.39 is 9.84 Å². The van der Waals surface area contributed by atoms with Gasteiger partial charge in [0.2, 0.25) is 5.88 Å². The number of aryl methyl sites for hydroxylation is 2. The fourth-order valence-electron chi connectivity index (χ4n) is 3.80. The van der Waals surface area contributed by atoms with E-state index in [0.29, 0.717) is 45.3 Å². The average Bonchev–Trinajstić information content (AvgIpc) is 3.11. The van der Waals surface area contributed by atoms with Gasteiger partial charge in [-0.05, 0) is 67.6 Å². The highest BCUT2D eigenvalue weighted by atomic mass is 35.5. The van der Waals surface area contributed by atoms with Gasteiger partial charge < -0.3 is 4.74 Å². The quantitative estimate of drug-likeness (QED) is 0.425. The van der Waals surface area contributed by atoms with Gasteiger partial charge in [-0.3, -0.25) is 4.79 Å². The van der Waals surface area contributed by atoms with Crippen molar-refractivity contribution in [2.45, 2.75) is 52.2 Å². The third-order valence-electron chi connectivity index (χ3n) is 5.40. The number of sulfone groups is 1. The standard InChI is InChI=1S/C24H27ClN2O4S/c1-6-11-27-24(31-14-18-7-9-19(25)10-8-18)21(13-26-27)22(28)20-12-15(2)23(32(5,29)30)17(4)16(20)3/h7-10,12-13H,6,11,14H2,1-5H3. The van der Waals surface area contributed by atoms with Gasteiger partial charge >= 0.3 is 0 Å². The maximum absolute atomic E-state index is 13.5. The van der Waals surface area contributed by atoms with Gasteiger partial charge in [-0.1, -0.05) is 30.7 Å². The summed E-state index contributed by atoms with van der Waals surface area (Å²) in [7, 11) is -3.41. The molecular formula is C24H27ClN2O4S. The number of carbonyl (C=O) groups is 1. The molecule has 0 atom stereocenters. The second kappa shape index (κ2) is 9.46. The summed E-state index contributed by atoms with van der Waals surface area (Å²) in [6.07, 6.45) is 3.53. The van der Waals surface area contributed by atoms with Gasteiger partial charge in [0.05, 0.1) is 11.1 Å². The Labute approximate surface area is 194 Å². The first-order chi connectivity index (χ1) is 15.0. The molecule has 3 aromatic rings. The first-order valence-corrected chi connectivity index (χ1v) is 12.6. The predicted molar refractivity (Wildman–Crippen MR) is 125 cm³/mol. The van der Waals surface area contributed by atoms with Crippen molar-refractivity contribution in [3.05, 3.63) is 74.9 Å². The summed E-state index contributed by atoms with van der Waals surface area (Å²) in [4.78, 5) is 13.8. The fraction of sp³-hybridized carbons (Fsp3) is 0.333. The molecule has 0 amide bonds. The van der Waals surface area contributed by atoms with Gasteiger partial charge in [0, 0.05) is 23.4 Å². The maximum Gasteiger partial charge on any atom is 0.223 e. The Balaban J connectivity index is 2.02. The molecule has 1 heterocycles. The van der Waals surface area contributed by atoms with Gasteiger partial charge in [-0.25, -0.2) is 13.1 Å². The lowest BCUT2D eigenvalue weighted by Crippen LogP contribution is -2.12.